The van der Waals surface area contributed by atoms with Gasteiger partial charge in [-0.1, -0.05) is 0 Å². The summed E-state index contributed by atoms with van der Waals surface area (Å²) in [5, 5.41) is 2.41. The number of methoxy groups -OCH3 is 1. The van der Waals surface area contributed by atoms with E-state index in [1.54, 1.807) is 26.0 Å². The maximum atomic E-state index is 12.4. The molecule has 0 bridgehead atoms. The van der Waals surface area contributed by atoms with Crippen LogP contribution >= 0.6 is 15.9 Å². The zero-order valence-electron chi connectivity index (χ0n) is 16.7. The molecule has 1 aliphatic rings. The molecule has 0 saturated carbocycles. The van der Waals surface area contributed by atoms with Gasteiger partial charge in [-0.05, 0) is 53.5 Å². The average molecular weight is 485 g/mol. The minimum atomic E-state index is -0.727. The Kier molecular flexibility index (Phi) is 8.22. The molecule has 0 aromatic heterocycles. The molecule has 2 rings (SSSR count). The molecule has 1 aromatic carbocycles. The number of urea groups is 1. The lowest BCUT2D eigenvalue weighted by molar-refractivity contribution is -0.145. The number of nitrogens with zero attached hydrogens (tertiary/aromatic N) is 1. The van der Waals surface area contributed by atoms with E-state index in [4.69, 9.17) is 14.2 Å². The van der Waals surface area contributed by atoms with E-state index in [9.17, 15) is 19.2 Å². The number of carbonyl (C=O) groups excluding carboxylic acids is 4. The van der Waals surface area contributed by atoms with E-state index in [0.29, 0.717) is 28.1 Å². The number of benzene rings is 1. The molecule has 1 N–H and O–H groups in total. The van der Waals surface area contributed by atoms with Crippen molar-refractivity contribution in [2.75, 3.05) is 33.5 Å². The van der Waals surface area contributed by atoms with E-state index >= 15 is 0 Å². The number of halogens is 1. The number of hydrogen-bond donors (Lipinski definition) is 1. The van der Waals surface area contributed by atoms with Crippen LogP contribution in [-0.2, 0) is 23.9 Å². The molecule has 3 amide bonds. The number of carbonyl (C=O) groups is 4. The Labute approximate surface area is 181 Å². The standard InChI is InChI=1S/C19H21BrN2O8/c1-4-28-14-8-11(6-12(20)17(14)30-10-16(24)29-5-2)7-13-18(25)22(19(26)21-13)9-15(23)27-3/h6-8H,4-5,9-10H2,1-3H3,(H,21,26). The summed E-state index contributed by atoms with van der Waals surface area (Å²) in [5.74, 6) is -1.29. The Morgan fingerprint density at radius 3 is 2.50 bits per heavy atom. The van der Waals surface area contributed by atoms with Gasteiger partial charge in [0.15, 0.2) is 18.1 Å². The molecule has 11 heteroatoms. The number of ether oxygens (including phenoxy) is 4. The van der Waals surface area contributed by atoms with Crippen LogP contribution in [0.2, 0.25) is 0 Å². The first-order valence-corrected chi connectivity index (χ1v) is 9.76. The first-order chi connectivity index (χ1) is 14.3. The number of imide groups is 1. The van der Waals surface area contributed by atoms with Crippen molar-refractivity contribution in [3.05, 3.63) is 27.9 Å². The summed E-state index contributed by atoms with van der Waals surface area (Å²) in [5.41, 5.74) is 0.496. The summed E-state index contributed by atoms with van der Waals surface area (Å²) in [6, 6.07) is 2.48. The van der Waals surface area contributed by atoms with Crippen molar-refractivity contribution in [3.63, 3.8) is 0 Å². The van der Waals surface area contributed by atoms with Gasteiger partial charge in [0, 0.05) is 0 Å². The molecule has 0 unspecified atom stereocenters. The van der Waals surface area contributed by atoms with E-state index in [2.05, 4.69) is 26.0 Å². The van der Waals surface area contributed by atoms with Gasteiger partial charge in [-0.3, -0.25) is 9.59 Å². The van der Waals surface area contributed by atoms with Gasteiger partial charge in [0.1, 0.15) is 12.2 Å². The molecule has 1 saturated heterocycles. The quantitative estimate of drug-likeness (QED) is 0.320. The molecule has 1 heterocycles. The third-order valence-electron chi connectivity index (χ3n) is 3.76. The second-order valence-electron chi connectivity index (χ2n) is 5.81. The molecule has 0 radical (unpaired) electrons. The molecule has 1 fully saturated rings. The Morgan fingerprint density at radius 1 is 1.13 bits per heavy atom. The second kappa shape index (κ2) is 10.6. The number of nitrogens with one attached hydrogen (secondary N) is 1. The first-order valence-electron chi connectivity index (χ1n) is 8.96. The molecule has 0 spiro atoms. The Balaban J connectivity index is 2.27. The van der Waals surface area contributed by atoms with Crippen molar-refractivity contribution in [1.29, 1.82) is 0 Å². The largest absolute Gasteiger partial charge is 0.490 e. The highest BCUT2D eigenvalue weighted by molar-refractivity contribution is 9.10. The number of amides is 3. The van der Waals surface area contributed by atoms with E-state index in [1.165, 1.54) is 6.08 Å². The minimum absolute atomic E-state index is 0.0153. The zero-order valence-corrected chi connectivity index (χ0v) is 18.2. The van der Waals surface area contributed by atoms with Gasteiger partial charge in [0.05, 0.1) is 24.8 Å². The highest BCUT2D eigenvalue weighted by Gasteiger charge is 2.35. The smallest absolute Gasteiger partial charge is 0.344 e. The summed E-state index contributed by atoms with van der Waals surface area (Å²) < 4.78 is 20.9. The third kappa shape index (κ3) is 5.72. The SMILES string of the molecule is CCOC(=O)COc1c(Br)cc(C=C2NC(=O)N(CC(=O)OC)C2=O)cc1OCC. The highest BCUT2D eigenvalue weighted by Crippen LogP contribution is 2.37. The normalized spacial score (nSPS) is 14.5. The van der Waals surface area contributed by atoms with Crippen LogP contribution in [0.4, 0.5) is 4.79 Å². The Morgan fingerprint density at radius 2 is 1.87 bits per heavy atom. The molecular formula is C19H21BrN2O8. The van der Waals surface area contributed by atoms with Gasteiger partial charge in [-0.2, -0.15) is 0 Å². The molecule has 0 atom stereocenters. The minimum Gasteiger partial charge on any atom is -0.490 e. The van der Waals surface area contributed by atoms with Crippen molar-refractivity contribution < 1.29 is 38.1 Å². The molecule has 0 aliphatic carbocycles. The Hall–Kier alpha value is -3.08. The summed E-state index contributed by atoms with van der Waals surface area (Å²) in [6.07, 6.45) is 1.43. The van der Waals surface area contributed by atoms with Crippen molar-refractivity contribution in [2.45, 2.75) is 13.8 Å². The van der Waals surface area contributed by atoms with Crippen LogP contribution in [0, 0.1) is 0 Å². The molecular weight excluding hydrogens is 464 g/mol. The lowest BCUT2D eigenvalue weighted by Crippen LogP contribution is -2.36. The number of hydrogen-bond acceptors (Lipinski definition) is 8. The van der Waals surface area contributed by atoms with Crippen LogP contribution in [0.3, 0.4) is 0 Å². The van der Waals surface area contributed by atoms with E-state index in [0.717, 1.165) is 12.0 Å². The topological polar surface area (TPSA) is 120 Å². The fourth-order valence-corrected chi connectivity index (χ4v) is 3.06. The van der Waals surface area contributed by atoms with E-state index < -0.39 is 30.4 Å². The van der Waals surface area contributed by atoms with Crippen LogP contribution in [0.25, 0.3) is 6.08 Å². The maximum Gasteiger partial charge on any atom is 0.344 e. The molecule has 1 aromatic rings. The van der Waals surface area contributed by atoms with Gasteiger partial charge >= 0.3 is 18.0 Å². The summed E-state index contributed by atoms with van der Waals surface area (Å²) in [7, 11) is 1.16. The lowest BCUT2D eigenvalue weighted by Gasteiger charge is -2.14. The third-order valence-corrected chi connectivity index (χ3v) is 4.35. The van der Waals surface area contributed by atoms with Gasteiger partial charge < -0.3 is 24.3 Å². The van der Waals surface area contributed by atoms with Gasteiger partial charge in [-0.25, -0.2) is 14.5 Å². The van der Waals surface area contributed by atoms with Gasteiger partial charge in [0.25, 0.3) is 5.91 Å². The second-order valence-corrected chi connectivity index (χ2v) is 6.67. The van der Waals surface area contributed by atoms with Crippen LogP contribution in [0.1, 0.15) is 19.4 Å². The predicted octanol–water partition coefficient (Wildman–Crippen LogP) is 1.86. The highest BCUT2D eigenvalue weighted by atomic mass is 79.9. The summed E-state index contributed by atoms with van der Waals surface area (Å²) in [4.78, 5) is 48.1. The fraction of sp³-hybridized carbons (Fsp3) is 0.368. The van der Waals surface area contributed by atoms with Crippen LogP contribution < -0.4 is 14.8 Å². The van der Waals surface area contributed by atoms with Crippen molar-refractivity contribution in [2.24, 2.45) is 0 Å². The van der Waals surface area contributed by atoms with Crippen molar-refractivity contribution in [1.82, 2.24) is 10.2 Å². The maximum absolute atomic E-state index is 12.4. The lowest BCUT2D eigenvalue weighted by atomic mass is 10.1. The number of esters is 2. The summed E-state index contributed by atoms with van der Waals surface area (Å²) in [6.45, 7) is 3.24. The molecule has 10 nitrogen and oxygen atoms in total. The fourth-order valence-electron chi connectivity index (χ4n) is 2.48. The van der Waals surface area contributed by atoms with Gasteiger partial charge in [-0.15, -0.1) is 0 Å². The molecule has 162 valence electrons. The van der Waals surface area contributed by atoms with E-state index in [-0.39, 0.29) is 18.9 Å². The van der Waals surface area contributed by atoms with E-state index in [1.807, 2.05) is 0 Å². The molecule has 30 heavy (non-hydrogen) atoms. The first kappa shape index (κ1) is 23.2. The number of rotatable bonds is 9. The van der Waals surface area contributed by atoms with Crippen LogP contribution in [-0.4, -0.2) is 62.3 Å². The van der Waals surface area contributed by atoms with Crippen molar-refractivity contribution in [3.8, 4) is 11.5 Å². The predicted molar refractivity (Wildman–Crippen MR) is 108 cm³/mol. The monoisotopic (exact) mass is 484 g/mol. The van der Waals surface area contributed by atoms with Gasteiger partial charge in [0.2, 0.25) is 0 Å². The summed E-state index contributed by atoms with van der Waals surface area (Å²) >= 11 is 3.36. The van der Waals surface area contributed by atoms with Crippen LogP contribution in [0.15, 0.2) is 22.3 Å². The average Bonchev–Trinajstić information content (AvgIpc) is 2.95. The zero-order chi connectivity index (χ0) is 22.3. The van der Waals surface area contributed by atoms with Crippen LogP contribution in [0.5, 0.6) is 11.5 Å². The Bertz CT molecular complexity index is 884. The molecule has 1 aliphatic heterocycles. The van der Waals surface area contributed by atoms with Crippen molar-refractivity contribution >= 4 is 45.9 Å².